The van der Waals surface area contributed by atoms with E-state index in [1.54, 1.807) is 0 Å². The predicted octanol–water partition coefficient (Wildman–Crippen LogP) is -4.00. The van der Waals surface area contributed by atoms with E-state index < -0.39 is 19.2 Å². The Morgan fingerprint density at radius 3 is 2.00 bits per heavy atom. The van der Waals surface area contributed by atoms with Gasteiger partial charge in [-0.3, -0.25) is 4.94 Å². The van der Waals surface area contributed by atoms with E-state index in [2.05, 4.69) is 4.94 Å². The van der Waals surface area contributed by atoms with Crippen LogP contribution in [-0.4, -0.2) is 19.2 Å². The molecule has 0 aliphatic rings. The second-order valence-electron chi connectivity index (χ2n) is 1.11. The normalized spacial score (nSPS) is 7.33. The fourth-order valence-electron chi connectivity index (χ4n) is 0.131. The Kier molecular flexibility index (Phi) is 8.12. The van der Waals surface area contributed by atoms with Gasteiger partial charge in [0.25, 0.3) is 0 Å². The van der Waals surface area contributed by atoms with Crippen LogP contribution in [0.1, 0.15) is 0 Å². The van der Waals surface area contributed by atoms with E-state index in [-0.39, 0.29) is 29.6 Å². The maximum atomic E-state index is 11.1. The van der Waals surface area contributed by atoms with E-state index in [0.29, 0.717) is 0 Å². The molecule has 0 atom stereocenters. The maximum Gasteiger partial charge on any atom is 1.00 e. The van der Waals surface area contributed by atoms with Crippen LogP contribution < -0.4 is 29.6 Å². The first-order chi connectivity index (χ1) is 3.72. The molecule has 0 amide bonds. The van der Waals surface area contributed by atoms with Gasteiger partial charge in [-0.2, -0.15) is 0 Å². The maximum absolute atomic E-state index is 11.1. The summed E-state index contributed by atoms with van der Waals surface area (Å²) in [6.07, 6.45) is 0. The first kappa shape index (κ1) is 11.8. The van der Waals surface area contributed by atoms with Crippen LogP contribution in [0.15, 0.2) is 0 Å². The van der Waals surface area contributed by atoms with Gasteiger partial charge in [-0.1, -0.05) is 0 Å². The van der Waals surface area contributed by atoms with Crippen molar-refractivity contribution in [3.05, 3.63) is 0 Å². The quantitative estimate of drug-likeness (QED) is 0.294. The van der Waals surface area contributed by atoms with Crippen molar-refractivity contribution in [1.82, 2.24) is 0 Å². The molecule has 0 bridgehead atoms. The zero-order valence-corrected chi connectivity index (χ0v) is 6.98. The van der Waals surface area contributed by atoms with Gasteiger partial charge in [0.1, 0.15) is 5.68 Å². The first-order valence-corrected chi connectivity index (χ1v) is 1.89. The van der Waals surface area contributed by atoms with Crippen molar-refractivity contribution >= 4 is 19.2 Å². The number of hydrogen-bond acceptors (Lipinski definition) is 3. The van der Waals surface area contributed by atoms with Crippen LogP contribution in [0.4, 0.5) is 8.84 Å². The molecule has 3 nitrogen and oxygen atoms in total. The largest absolute Gasteiger partial charge is 1.00 e. The molecule has 0 aliphatic carbocycles. The van der Waals surface area contributed by atoms with Gasteiger partial charge in [0.2, 0.25) is 7.56 Å². The van der Waals surface area contributed by atoms with Crippen LogP contribution >= 0.6 is 0 Å². The Bertz CT molecular complexity index is 104. The van der Waals surface area contributed by atoms with Gasteiger partial charge < -0.3 is 9.11 Å². The van der Waals surface area contributed by atoms with E-state index in [0.717, 1.165) is 0 Å². The molecule has 0 fully saturated rings. The van der Waals surface area contributed by atoms with Crippen LogP contribution in [-0.2, 0) is 14.5 Å². The molecule has 0 aromatic carbocycles. The molecule has 46 valence electrons. The molecular formula is C2H2BF2NaO3. The molecule has 9 heavy (non-hydrogen) atoms. The molecule has 0 rings (SSSR count). The van der Waals surface area contributed by atoms with E-state index in [1.807, 2.05) is 0 Å². The van der Waals surface area contributed by atoms with Crippen molar-refractivity contribution in [2.75, 3.05) is 0 Å². The van der Waals surface area contributed by atoms with Crippen molar-refractivity contribution in [1.29, 1.82) is 0 Å². The molecule has 0 spiro atoms. The van der Waals surface area contributed by atoms with Crippen LogP contribution in [0.25, 0.3) is 0 Å². The molecule has 0 unspecified atom stereocenters. The van der Waals surface area contributed by atoms with E-state index in [4.69, 9.17) is 0 Å². The number of carbonyl (C=O) groups excluding carboxylic acids is 2. The van der Waals surface area contributed by atoms with Crippen molar-refractivity contribution in [2.45, 2.75) is 0 Å². The monoisotopic (exact) mass is 146 g/mol. The second-order valence-corrected chi connectivity index (χ2v) is 1.11. The number of hydrogen-bond donors (Lipinski definition) is 0. The average molecular weight is 146 g/mol. The van der Waals surface area contributed by atoms with E-state index in [1.165, 1.54) is 0 Å². The summed E-state index contributed by atoms with van der Waals surface area (Å²) in [5.41, 5.74) is -1.40. The molecule has 0 saturated carbocycles. The topological polar surface area (TPSA) is 43.4 Å². The minimum Gasteiger partial charge on any atom is -0.515 e. The number of rotatable bonds is 2. The van der Waals surface area contributed by atoms with Crippen LogP contribution in [0.3, 0.4) is 0 Å². The Morgan fingerprint density at radius 2 is 1.89 bits per heavy atom. The van der Waals surface area contributed by atoms with Gasteiger partial charge in [-0.25, -0.2) is 4.79 Å². The third-order valence-electron chi connectivity index (χ3n) is 0.529. The SMILES string of the molecule is O=C([BH2-]F)C(=O)OF.[Na+]. The van der Waals surface area contributed by atoms with Gasteiger partial charge in [0.05, 0.1) is 0 Å². The molecule has 0 aliphatic heterocycles. The standard InChI is InChI=1S/C2H2BF2O3.Na/c4-3-1(6)2(7)8-5;/h3H2;/q-1;+1. The van der Waals surface area contributed by atoms with Gasteiger partial charge in [-0.15, -0.1) is 0 Å². The first-order valence-electron chi connectivity index (χ1n) is 1.89. The summed E-state index contributed by atoms with van der Waals surface area (Å²) < 4.78 is 21.7. The molecule has 0 aromatic heterocycles. The average Bonchev–Trinajstić information content (AvgIpc) is 1.84. The molecule has 0 radical (unpaired) electrons. The van der Waals surface area contributed by atoms with E-state index in [9.17, 15) is 18.4 Å². The third-order valence-corrected chi connectivity index (χ3v) is 0.529. The fourth-order valence-corrected chi connectivity index (χ4v) is 0.131. The molecule has 7 heteroatoms. The third kappa shape index (κ3) is 4.56. The minimum absolute atomic E-state index is 0. The Balaban J connectivity index is 0. The zero-order chi connectivity index (χ0) is 6.57. The summed E-state index contributed by atoms with van der Waals surface area (Å²) in [5.74, 6) is -1.74. The molecule has 0 heterocycles. The van der Waals surface area contributed by atoms with E-state index >= 15 is 0 Å². The van der Waals surface area contributed by atoms with Gasteiger partial charge in [0.15, 0.2) is 0 Å². The molecule has 0 aromatic rings. The molecule has 0 saturated heterocycles. The van der Waals surface area contributed by atoms with Crippen LogP contribution in [0.2, 0.25) is 0 Å². The van der Waals surface area contributed by atoms with Crippen molar-refractivity contribution in [3.8, 4) is 0 Å². The summed E-state index contributed by atoms with van der Waals surface area (Å²) in [6.45, 7) is 0. The fraction of sp³-hybridized carbons (Fsp3) is 0. The predicted molar refractivity (Wildman–Crippen MR) is 21.9 cm³/mol. The van der Waals surface area contributed by atoms with Crippen molar-refractivity contribution < 1.29 is 52.9 Å². The Hall–Kier alpha value is 0.0649. The number of halogens is 2. The smallest absolute Gasteiger partial charge is 0.515 e. The van der Waals surface area contributed by atoms with Gasteiger partial charge in [-0.05, 0) is 0 Å². The Labute approximate surface area is 72.2 Å². The van der Waals surface area contributed by atoms with Gasteiger partial charge >= 0.3 is 35.5 Å². The van der Waals surface area contributed by atoms with Crippen molar-refractivity contribution in [3.63, 3.8) is 0 Å². The summed E-state index contributed by atoms with van der Waals surface area (Å²) in [4.78, 5) is 21.7. The summed E-state index contributed by atoms with van der Waals surface area (Å²) in [6, 6.07) is 0. The summed E-state index contributed by atoms with van der Waals surface area (Å²) in [7, 11) is -2.47. The Morgan fingerprint density at radius 1 is 1.44 bits per heavy atom. The summed E-state index contributed by atoms with van der Waals surface area (Å²) in [5, 5.41) is 0. The van der Waals surface area contributed by atoms with Crippen molar-refractivity contribution in [2.24, 2.45) is 0 Å². The second kappa shape index (κ2) is 6.19. The minimum atomic E-state index is -2.47. The molecular weight excluding hydrogens is 144 g/mol. The number of carbonyl (C=O) groups is 2. The van der Waals surface area contributed by atoms with Crippen LogP contribution in [0.5, 0.6) is 0 Å². The summed E-state index contributed by atoms with van der Waals surface area (Å²) >= 11 is 0. The zero-order valence-electron chi connectivity index (χ0n) is 4.98. The van der Waals surface area contributed by atoms with Gasteiger partial charge in [0, 0.05) is 4.53 Å². The van der Waals surface area contributed by atoms with Crippen LogP contribution in [0, 0.1) is 0 Å². The molecule has 0 N–H and O–H groups in total.